The van der Waals surface area contributed by atoms with E-state index < -0.39 is 10.0 Å². The number of hydrogen-bond donors (Lipinski definition) is 1. The summed E-state index contributed by atoms with van der Waals surface area (Å²) in [6.45, 7) is 6.00. The standard InChI is InChI=1S/C18H24N2O3S2.ClH/c1-13-12-15-8-11-24-18(15)14(2)20(13)9-10-23-17-6-4-16(5-7-17)19-25(3,21)22;/h4-8,11,13-14,19H,9-10,12H2,1-3H3;1H/t13-,14+;/m1./s1. The Morgan fingerprint density at radius 3 is 2.58 bits per heavy atom. The van der Waals surface area contributed by atoms with E-state index >= 15 is 0 Å². The van der Waals surface area contributed by atoms with Crippen LogP contribution in [0, 0.1) is 0 Å². The highest BCUT2D eigenvalue weighted by atomic mass is 35.5. The summed E-state index contributed by atoms with van der Waals surface area (Å²) in [4.78, 5) is 3.95. The van der Waals surface area contributed by atoms with E-state index in [0.717, 1.165) is 25.0 Å². The number of rotatable bonds is 6. The van der Waals surface area contributed by atoms with Gasteiger partial charge in [0.25, 0.3) is 0 Å². The van der Waals surface area contributed by atoms with Crippen LogP contribution in [0.3, 0.4) is 0 Å². The molecule has 0 amide bonds. The molecule has 0 unspecified atom stereocenters. The molecule has 2 atom stereocenters. The van der Waals surface area contributed by atoms with Crippen molar-refractivity contribution in [3.05, 3.63) is 46.2 Å². The molecule has 8 heteroatoms. The number of nitrogens with one attached hydrogen (secondary N) is 1. The van der Waals surface area contributed by atoms with Gasteiger partial charge in [-0.2, -0.15) is 0 Å². The summed E-state index contributed by atoms with van der Waals surface area (Å²) < 4.78 is 30.7. The van der Waals surface area contributed by atoms with Crippen molar-refractivity contribution in [2.24, 2.45) is 0 Å². The predicted molar refractivity (Wildman–Crippen MR) is 110 cm³/mol. The Morgan fingerprint density at radius 1 is 1.23 bits per heavy atom. The Kier molecular flexibility index (Phi) is 6.96. The minimum atomic E-state index is -3.25. The highest BCUT2D eigenvalue weighted by Gasteiger charge is 2.29. The van der Waals surface area contributed by atoms with Crippen molar-refractivity contribution in [2.45, 2.75) is 32.4 Å². The Labute approximate surface area is 165 Å². The second-order valence-electron chi connectivity index (χ2n) is 6.52. The topological polar surface area (TPSA) is 58.6 Å². The van der Waals surface area contributed by atoms with Crippen LogP contribution in [0.5, 0.6) is 5.75 Å². The third kappa shape index (κ3) is 5.13. The summed E-state index contributed by atoms with van der Waals surface area (Å²) in [6, 6.07) is 10.2. The van der Waals surface area contributed by atoms with Crippen molar-refractivity contribution in [3.8, 4) is 5.75 Å². The maximum Gasteiger partial charge on any atom is 0.229 e. The SMILES string of the molecule is C[C@@H]1Cc2ccsc2[C@H](C)N1CCOc1ccc(NS(C)(=O)=O)cc1.Cl. The maximum atomic E-state index is 11.2. The Balaban J connectivity index is 0.00000243. The molecule has 0 bridgehead atoms. The average Bonchev–Trinajstić information content (AvgIpc) is 2.99. The number of halogens is 1. The third-order valence-corrected chi connectivity index (χ3v) is 6.25. The highest BCUT2D eigenvalue weighted by Crippen LogP contribution is 2.36. The number of hydrogen-bond acceptors (Lipinski definition) is 5. The number of anilines is 1. The van der Waals surface area contributed by atoms with E-state index in [2.05, 4.69) is 34.9 Å². The fraction of sp³-hybridized carbons (Fsp3) is 0.444. The molecule has 0 fully saturated rings. The first-order chi connectivity index (χ1) is 11.8. The average molecular weight is 417 g/mol. The van der Waals surface area contributed by atoms with Gasteiger partial charge in [0, 0.05) is 29.2 Å². The van der Waals surface area contributed by atoms with Crippen LogP contribution in [-0.2, 0) is 16.4 Å². The van der Waals surface area contributed by atoms with Gasteiger partial charge in [0.2, 0.25) is 10.0 Å². The van der Waals surface area contributed by atoms with E-state index in [1.54, 1.807) is 24.3 Å². The van der Waals surface area contributed by atoms with Crippen molar-refractivity contribution < 1.29 is 13.2 Å². The second kappa shape index (κ2) is 8.61. The second-order valence-corrected chi connectivity index (χ2v) is 9.22. The number of benzene rings is 1. The Hall–Kier alpha value is -1.28. The van der Waals surface area contributed by atoms with Gasteiger partial charge in [0.05, 0.1) is 6.26 Å². The van der Waals surface area contributed by atoms with Crippen LogP contribution in [0.15, 0.2) is 35.7 Å². The first-order valence-corrected chi connectivity index (χ1v) is 11.1. The van der Waals surface area contributed by atoms with E-state index in [0.29, 0.717) is 24.4 Å². The molecule has 1 aliphatic rings. The monoisotopic (exact) mass is 416 g/mol. The van der Waals surface area contributed by atoms with Crippen molar-refractivity contribution >= 4 is 39.5 Å². The van der Waals surface area contributed by atoms with Crippen LogP contribution in [-0.4, -0.2) is 38.8 Å². The van der Waals surface area contributed by atoms with Gasteiger partial charge < -0.3 is 4.74 Å². The van der Waals surface area contributed by atoms with Crippen LogP contribution in [0.25, 0.3) is 0 Å². The molecular formula is C18H25ClN2O3S2. The molecule has 0 spiro atoms. The molecule has 0 saturated carbocycles. The first kappa shape index (κ1) is 21.0. The van der Waals surface area contributed by atoms with Gasteiger partial charge in [-0.05, 0) is 61.5 Å². The molecule has 5 nitrogen and oxygen atoms in total. The molecule has 2 aromatic rings. The van der Waals surface area contributed by atoms with E-state index in [4.69, 9.17) is 4.74 Å². The summed E-state index contributed by atoms with van der Waals surface area (Å²) in [5.74, 6) is 0.744. The van der Waals surface area contributed by atoms with Crippen molar-refractivity contribution in [1.82, 2.24) is 4.90 Å². The van der Waals surface area contributed by atoms with E-state index in [1.807, 2.05) is 11.3 Å². The van der Waals surface area contributed by atoms with Crippen molar-refractivity contribution in [1.29, 1.82) is 0 Å². The zero-order valence-corrected chi connectivity index (χ0v) is 17.6. The molecule has 1 aliphatic heterocycles. The number of thiophene rings is 1. The molecule has 0 radical (unpaired) electrons. The lowest BCUT2D eigenvalue weighted by Crippen LogP contribution is -2.42. The Morgan fingerprint density at radius 2 is 1.92 bits per heavy atom. The zero-order valence-electron chi connectivity index (χ0n) is 15.1. The van der Waals surface area contributed by atoms with Gasteiger partial charge in [0.1, 0.15) is 12.4 Å². The van der Waals surface area contributed by atoms with Gasteiger partial charge in [-0.1, -0.05) is 0 Å². The van der Waals surface area contributed by atoms with E-state index in [1.165, 1.54) is 10.4 Å². The lowest BCUT2D eigenvalue weighted by atomic mass is 9.97. The summed E-state index contributed by atoms with van der Waals surface area (Å²) in [6.07, 6.45) is 2.23. The zero-order chi connectivity index (χ0) is 18.0. The van der Waals surface area contributed by atoms with Gasteiger partial charge in [-0.25, -0.2) is 8.42 Å². The molecule has 0 aliphatic carbocycles. The van der Waals surface area contributed by atoms with E-state index in [-0.39, 0.29) is 12.4 Å². The van der Waals surface area contributed by atoms with Gasteiger partial charge in [-0.15, -0.1) is 23.7 Å². The number of ether oxygens (including phenoxy) is 1. The summed E-state index contributed by atoms with van der Waals surface area (Å²) >= 11 is 1.84. The maximum absolute atomic E-state index is 11.2. The smallest absolute Gasteiger partial charge is 0.229 e. The summed E-state index contributed by atoms with van der Waals surface area (Å²) in [5.41, 5.74) is 2.02. The largest absolute Gasteiger partial charge is 0.492 e. The molecule has 1 aromatic heterocycles. The molecule has 1 aromatic carbocycles. The minimum absolute atomic E-state index is 0. The van der Waals surface area contributed by atoms with E-state index in [9.17, 15) is 8.42 Å². The first-order valence-electron chi connectivity index (χ1n) is 8.36. The fourth-order valence-corrected chi connectivity index (χ4v) is 4.94. The predicted octanol–water partition coefficient (Wildman–Crippen LogP) is 3.93. The van der Waals surface area contributed by atoms with Crippen LogP contribution < -0.4 is 9.46 Å². The third-order valence-electron chi connectivity index (χ3n) is 4.51. The number of fused-ring (bicyclic) bond motifs is 1. The van der Waals surface area contributed by atoms with Gasteiger partial charge >= 0.3 is 0 Å². The fourth-order valence-electron chi connectivity index (χ4n) is 3.37. The molecule has 0 saturated heterocycles. The number of sulfonamides is 1. The molecule has 26 heavy (non-hydrogen) atoms. The molecule has 3 rings (SSSR count). The lowest BCUT2D eigenvalue weighted by molar-refractivity contribution is 0.115. The normalized spacial score (nSPS) is 20.1. The highest BCUT2D eigenvalue weighted by molar-refractivity contribution is 7.92. The lowest BCUT2D eigenvalue weighted by Gasteiger charge is -2.38. The van der Waals surface area contributed by atoms with Gasteiger partial charge in [0.15, 0.2) is 0 Å². The Bertz CT molecular complexity index is 821. The molecule has 1 N–H and O–H groups in total. The summed E-state index contributed by atoms with van der Waals surface area (Å²) in [5, 5.41) is 2.18. The van der Waals surface area contributed by atoms with Crippen molar-refractivity contribution in [3.63, 3.8) is 0 Å². The number of nitrogens with zero attached hydrogens (tertiary/aromatic N) is 1. The van der Waals surface area contributed by atoms with Crippen LogP contribution in [0.1, 0.15) is 30.3 Å². The molecule has 2 heterocycles. The quantitative estimate of drug-likeness (QED) is 0.775. The molecule has 144 valence electrons. The van der Waals surface area contributed by atoms with Crippen LogP contribution in [0.2, 0.25) is 0 Å². The van der Waals surface area contributed by atoms with Crippen LogP contribution >= 0.6 is 23.7 Å². The van der Waals surface area contributed by atoms with Gasteiger partial charge in [-0.3, -0.25) is 9.62 Å². The van der Waals surface area contributed by atoms with Crippen molar-refractivity contribution in [2.75, 3.05) is 24.1 Å². The summed E-state index contributed by atoms with van der Waals surface area (Å²) in [7, 11) is -3.25. The molecular weight excluding hydrogens is 392 g/mol. The minimum Gasteiger partial charge on any atom is -0.492 e. The van der Waals surface area contributed by atoms with Crippen LogP contribution in [0.4, 0.5) is 5.69 Å².